The summed E-state index contributed by atoms with van der Waals surface area (Å²) in [6.45, 7) is 3.08. The Morgan fingerprint density at radius 1 is 1.11 bits per heavy atom. The van der Waals surface area contributed by atoms with E-state index in [1.165, 1.54) is 6.07 Å². The molecule has 0 radical (unpaired) electrons. The van der Waals surface area contributed by atoms with Gasteiger partial charge in [-0.1, -0.05) is 24.1 Å². The standard InChI is InChI=1S/C31H30FNO5/c1-2-3-21(18-30(34)35)20-4-7-23(8-5-20)37-28-12-10-26-25(28)9-11-27(32)31(26)22-6-13-29(33-19-22)38-24-14-16-36-17-15-24/h4-9,11,13,19,21,24,28H,10,12,14-18H2,1H3,(H,34,35)/t21-,28+/m0/s1. The van der Waals surface area contributed by atoms with Gasteiger partial charge < -0.3 is 19.3 Å². The lowest BCUT2D eigenvalue weighted by atomic mass is 9.96. The van der Waals surface area contributed by atoms with Crippen molar-refractivity contribution in [2.24, 2.45) is 0 Å². The van der Waals surface area contributed by atoms with Crippen LogP contribution in [0.15, 0.2) is 54.7 Å². The third kappa shape index (κ3) is 5.81. The van der Waals surface area contributed by atoms with Crippen LogP contribution in [0.2, 0.25) is 0 Å². The number of carboxylic acids is 1. The van der Waals surface area contributed by atoms with Gasteiger partial charge in [-0.2, -0.15) is 0 Å². The van der Waals surface area contributed by atoms with Crippen molar-refractivity contribution in [3.8, 4) is 34.6 Å². The van der Waals surface area contributed by atoms with Crippen molar-refractivity contribution >= 4 is 5.97 Å². The number of carbonyl (C=O) groups is 1. The lowest BCUT2D eigenvalue weighted by Gasteiger charge is -2.22. The summed E-state index contributed by atoms with van der Waals surface area (Å²) in [5.41, 5.74) is 4.01. The van der Waals surface area contributed by atoms with E-state index in [-0.39, 0.29) is 30.4 Å². The van der Waals surface area contributed by atoms with E-state index in [0.717, 1.165) is 36.0 Å². The summed E-state index contributed by atoms with van der Waals surface area (Å²) >= 11 is 0. The summed E-state index contributed by atoms with van der Waals surface area (Å²) in [7, 11) is 0. The molecule has 2 heterocycles. The molecule has 38 heavy (non-hydrogen) atoms. The van der Waals surface area contributed by atoms with Gasteiger partial charge in [-0.15, -0.1) is 5.92 Å². The second-order valence-electron chi connectivity index (χ2n) is 9.56. The molecule has 2 aliphatic rings. The number of rotatable bonds is 8. The number of aliphatic carboxylic acids is 1. The maximum absolute atomic E-state index is 15.1. The van der Waals surface area contributed by atoms with Gasteiger partial charge in [-0.05, 0) is 60.7 Å². The van der Waals surface area contributed by atoms with Gasteiger partial charge in [-0.3, -0.25) is 4.79 Å². The molecule has 1 aromatic heterocycles. The Morgan fingerprint density at radius 3 is 2.58 bits per heavy atom. The lowest BCUT2D eigenvalue weighted by molar-refractivity contribution is -0.137. The van der Waals surface area contributed by atoms with Crippen LogP contribution < -0.4 is 9.47 Å². The summed E-state index contributed by atoms with van der Waals surface area (Å²) in [4.78, 5) is 15.6. The smallest absolute Gasteiger partial charge is 0.304 e. The normalized spacial score (nSPS) is 17.7. The highest BCUT2D eigenvalue weighted by atomic mass is 19.1. The molecule has 5 rings (SSSR count). The van der Waals surface area contributed by atoms with E-state index in [0.29, 0.717) is 42.4 Å². The maximum atomic E-state index is 15.1. The fraction of sp³-hybridized carbons (Fsp3) is 0.355. The van der Waals surface area contributed by atoms with Gasteiger partial charge in [0, 0.05) is 36.2 Å². The number of fused-ring (bicyclic) bond motifs is 1. The van der Waals surface area contributed by atoms with Crippen LogP contribution in [-0.4, -0.2) is 35.4 Å². The van der Waals surface area contributed by atoms with Crippen LogP contribution in [0.1, 0.15) is 61.3 Å². The molecule has 3 aromatic rings. The van der Waals surface area contributed by atoms with Crippen LogP contribution in [0.25, 0.3) is 11.1 Å². The number of nitrogens with zero attached hydrogens (tertiary/aromatic N) is 1. The lowest BCUT2D eigenvalue weighted by Crippen LogP contribution is -2.26. The number of benzene rings is 2. The average molecular weight is 516 g/mol. The van der Waals surface area contributed by atoms with Gasteiger partial charge >= 0.3 is 5.97 Å². The zero-order chi connectivity index (χ0) is 26.5. The van der Waals surface area contributed by atoms with E-state index in [1.54, 1.807) is 25.3 Å². The van der Waals surface area contributed by atoms with Crippen molar-refractivity contribution in [2.45, 2.75) is 57.2 Å². The summed E-state index contributed by atoms with van der Waals surface area (Å²) in [5, 5.41) is 9.18. The van der Waals surface area contributed by atoms with Crippen molar-refractivity contribution < 1.29 is 28.5 Å². The van der Waals surface area contributed by atoms with Gasteiger partial charge in [0.15, 0.2) is 0 Å². The third-order valence-electron chi connectivity index (χ3n) is 7.04. The van der Waals surface area contributed by atoms with Gasteiger partial charge in [0.2, 0.25) is 5.88 Å². The van der Waals surface area contributed by atoms with Crippen molar-refractivity contribution in [1.29, 1.82) is 0 Å². The Kier molecular flexibility index (Phi) is 7.90. The minimum Gasteiger partial charge on any atom is -0.486 e. The Bertz CT molecular complexity index is 1340. The number of hydrogen-bond donors (Lipinski definition) is 1. The van der Waals surface area contributed by atoms with E-state index < -0.39 is 5.97 Å². The quantitative estimate of drug-likeness (QED) is 0.366. The van der Waals surface area contributed by atoms with Crippen LogP contribution in [-0.2, 0) is 16.0 Å². The highest BCUT2D eigenvalue weighted by Gasteiger charge is 2.29. The van der Waals surface area contributed by atoms with E-state index in [9.17, 15) is 9.90 Å². The molecule has 0 saturated carbocycles. The maximum Gasteiger partial charge on any atom is 0.304 e. The first kappa shape index (κ1) is 25.7. The minimum atomic E-state index is -0.889. The molecular weight excluding hydrogens is 485 g/mol. The zero-order valence-electron chi connectivity index (χ0n) is 21.3. The van der Waals surface area contributed by atoms with Crippen molar-refractivity contribution in [3.63, 3.8) is 0 Å². The average Bonchev–Trinajstić information content (AvgIpc) is 3.32. The van der Waals surface area contributed by atoms with E-state index in [1.807, 2.05) is 30.3 Å². The van der Waals surface area contributed by atoms with Crippen molar-refractivity contribution in [2.75, 3.05) is 13.2 Å². The Morgan fingerprint density at radius 2 is 1.89 bits per heavy atom. The summed E-state index contributed by atoms with van der Waals surface area (Å²) in [6.07, 6.45) is 4.61. The largest absolute Gasteiger partial charge is 0.486 e. The molecule has 0 amide bonds. The van der Waals surface area contributed by atoms with Crippen LogP contribution in [0.4, 0.5) is 4.39 Å². The predicted molar refractivity (Wildman–Crippen MR) is 141 cm³/mol. The Hall–Kier alpha value is -3.89. The second-order valence-corrected chi connectivity index (χ2v) is 9.56. The highest BCUT2D eigenvalue weighted by molar-refractivity contribution is 5.70. The highest BCUT2D eigenvalue weighted by Crippen LogP contribution is 2.41. The van der Waals surface area contributed by atoms with Crippen molar-refractivity contribution in [3.05, 3.63) is 77.2 Å². The summed E-state index contributed by atoms with van der Waals surface area (Å²) in [6, 6.07) is 14.3. The molecule has 1 fully saturated rings. The number of halogens is 1. The molecule has 0 unspecified atom stereocenters. The molecule has 0 spiro atoms. The first-order valence-electron chi connectivity index (χ1n) is 12.9. The fourth-order valence-electron chi connectivity index (χ4n) is 5.18. The summed E-state index contributed by atoms with van der Waals surface area (Å²) in [5.74, 6) is 5.44. The molecule has 1 aliphatic carbocycles. The van der Waals surface area contributed by atoms with Crippen LogP contribution in [0.5, 0.6) is 11.6 Å². The number of pyridine rings is 1. The number of aromatic nitrogens is 1. The molecule has 0 bridgehead atoms. The minimum absolute atomic E-state index is 0.0527. The second kappa shape index (κ2) is 11.7. The molecule has 7 heteroatoms. The number of hydrogen-bond acceptors (Lipinski definition) is 5. The third-order valence-corrected chi connectivity index (χ3v) is 7.04. The number of ether oxygens (including phenoxy) is 3. The topological polar surface area (TPSA) is 77.9 Å². The van der Waals surface area contributed by atoms with Crippen molar-refractivity contribution in [1.82, 2.24) is 4.98 Å². The van der Waals surface area contributed by atoms with E-state index in [4.69, 9.17) is 14.2 Å². The van der Waals surface area contributed by atoms with Gasteiger partial charge in [0.1, 0.15) is 23.8 Å². The van der Waals surface area contributed by atoms with Gasteiger partial charge in [0.25, 0.3) is 0 Å². The summed E-state index contributed by atoms with van der Waals surface area (Å²) < 4.78 is 32.7. The molecule has 196 valence electrons. The molecule has 1 saturated heterocycles. The Labute approximate surface area is 221 Å². The van der Waals surface area contributed by atoms with Crippen LogP contribution in [0, 0.1) is 17.7 Å². The van der Waals surface area contributed by atoms with Crippen LogP contribution >= 0.6 is 0 Å². The fourth-order valence-corrected chi connectivity index (χ4v) is 5.18. The SMILES string of the molecule is CC#C[C@@H](CC(=O)O)c1ccc(O[C@@H]2CCc3c2ccc(F)c3-c2ccc(OC3CCOCC3)nc2)cc1. The van der Waals surface area contributed by atoms with E-state index >= 15 is 4.39 Å². The van der Waals surface area contributed by atoms with E-state index in [2.05, 4.69) is 16.8 Å². The zero-order valence-corrected chi connectivity index (χ0v) is 21.3. The Balaban J connectivity index is 1.31. The monoisotopic (exact) mass is 515 g/mol. The first-order chi connectivity index (χ1) is 18.5. The van der Waals surface area contributed by atoms with Gasteiger partial charge in [0.05, 0.1) is 25.6 Å². The molecule has 6 nitrogen and oxygen atoms in total. The molecule has 1 aliphatic heterocycles. The molecule has 1 N–H and O–H groups in total. The predicted octanol–water partition coefficient (Wildman–Crippen LogP) is 6.09. The first-order valence-corrected chi connectivity index (χ1v) is 12.9. The molecular formula is C31H30FNO5. The van der Waals surface area contributed by atoms with Crippen LogP contribution in [0.3, 0.4) is 0 Å². The molecule has 2 aromatic carbocycles. The number of carboxylic acid groups (broad SMARTS) is 1. The molecule has 2 atom stereocenters. The van der Waals surface area contributed by atoms with Gasteiger partial charge in [-0.25, -0.2) is 9.37 Å².